The van der Waals surface area contributed by atoms with Crippen LogP contribution >= 0.6 is 0 Å². The van der Waals surface area contributed by atoms with Crippen molar-refractivity contribution in [3.63, 3.8) is 0 Å². The SMILES string of the molecule is CC(=O)CC(=O)C=O. The highest BCUT2D eigenvalue weighted by Crippen LogP contribution is 1.79. The minimum absolute atomic E-state index is 0.154. The molecule has 0 saturated heterocycles. The van der Waals surface area contributed by atoms with Crippen molar-refractivity contribution in [2.75, 3.05) is 0 Å². The largest absolute Gasteiger partial charge is 0.300 e. The monoisotopic (exact) mass is 114 g/mol. The van der Waals surface area contributed by atoms with Gasteiger partial charge in [0.15, 0.2) is 6.29 Å². The maximum absolute atomic E-state index is 10.0. The van der Waals surface area contributed by atoms with Gasteiger partial charge >= 0.3 is 0 Å². The molecule has 0 heterocycles. The Kier molecular flexibility index (Phi) is 2.69. The molecule has 0 unspecified atom stereocenters. The van der Waals surface area contributed by atoms with Crippen LogP contribution in [0.5, 0.6) is 0 Å². The molecule has 0 N–H and O–H groups in total. The Labute approximate surface area is 46.7 Å². The Bertz CT molecular complexity index is 126. The zero-order valence-electron chi connectivity index (χ0n) is 4.51. The van der Waals surface area contributed by atoms with Crippen LogP contribution in [-0.4, -0.2) is 17.9 Å². The molecule has 0 saturated carbocycles. The minimum Gasteiger partial charge on any atom is -0.300 e. The van der Waals surface area contributed by atoms with E-state index in [2.05, 4.69) is 0 Å². The number of carbonyl (C=O) groups excluding carboxylic acids is 3. The van der Waals surface area contributed by atoms with Crippen molar-refractivity contribution < 1.29 is 14.4 Å². The number of rotatable bonds is 3. The van der Waals surface area contributed by atoms with Crippen LogP contribution in [0.1, 0.15) is 13.3 Å². The topological polar surface area (TPSA) is 51.2 Å². The van der Waals surface area contributed by atoms with Gasteiger partial charge in [-0.1, -0.05) is 0 Å². The fraction of sp³-hybridized carbons (Fsp3) is 0.400. The van der Waals surface area contributed by atoms with Crippen molar-refractivity contribution in [1.29, 1.82) is 0 Å². The van der Waals surface area contributed by atoms with Crippen molar-refractivity contribution in [1.82, 2.24) is 0 Å². The molecule has 0 aromatic heterocycles. The summed E-state index contributed by atoms with van der Waals surface area (Å²) in [6.45, 7) is 1.27. The Balaban J connectivity index is 3.55. The van der Waals surface area contributed by atoms with E-state index in [1.54, 1.807) is 0 Å². The molecule has 0 amide bonds. The lowest BCUT2D eigenvalue weighted by Gasteiger charge is -1.80. The number of Topliss-reactive ketones (excluding diaryl/α,β-unsaturated/α-hetero) is 2. The Hall–Kier alpha value is -0.990. The first-order valence-corrected chi connectivity index (χ1v) is 2.14. The number of ketones is 2. The maximum Gasteiger partial charge on any atom is 0.202 e. The summed E-state index contributed by atoms with van der Waals surface area (Å²) in [5.74, 6) is -0.931. The molecule has 44 valence electrons. The van der Waals surface area contributed by atoms with E-state index in [4.69, 9.17) is 0 Å². The third-order valence-electron chi connectivity index (χ3n) is 0.555. The van der Waals surface area contributed by atoms with Crippen LogP contribution < -0.4 is 0 Å². The fourth-order valence-corrected chi connectivity index (χ4v) is 0.287. The summed E-state index contributed by atoms with van der Waals surface area (Å²) in [6.07, 6.45) is -0.106. The van der Waals surface area contributed by atoms with Crippen LogP contribution in [0.3, 0.4) is 0 Å². The summed E-state index contributed by atoms with van der Waals surface area (Å²) < 4.78 is 0. The van der Waals surface area contributed by atoms with Crippen molar-refractivity contribution in [3.05, 3.63) is 0 Å². The molecule has 3 nitrogen and oxygen atoms in total. The van der Waals surface area contributed by atoms with Crippen LogP contribution in [0.2, 0.25) is 0 Å². The predicted octanol–water partition coefficient (Wildman–Crippen LogP) is -0.266. The number of hydrogen-bond acceptors (Lipinski definition) is 3. The van der Waals surface area contributed by atoms with E-state index >= 15 is 0 Å². The third-order valence-corrected chi connectivity index (χ3v) is 0.555. The minimum atomic E-state index is -0.655. The number of hydrogen-bond donors (Lipinski definition) is 0. The Morgan fingerprint density at radius 2 is 2.00 bits per heavy atom. The summed E-state index contributed by atoms with van der Waals surface area (Å²) in [7, 11) is 0. The molecule has 0 aliphatic rings. The van der Waals surface area contributed by atoms with Gasteiger partial charge in [-0.15, -0.1) is 0 Å². The van der Waals surface area contributed by atoms with E-state index in [0.717, 1.165) is 0 Å². The second-order valence-electron chi connectivity index (χ2n) is 1.46. The summed E-state index contributed by atoms with van der Waals surface area (Å²) in [5, 5.41) is 0. The molecule has 3 heteroatoms. The summed E-state index contributed by atoms with van der Waals surface area (Å²) in [5.41, 5.74) is 0. The molecular formula is C5H6O3. The third kappa shape index (κ3) is 3.21. The van der Waals surface area contributed by atoms with Gasteiger partial charge in [0.2, 0.25) is 5.78 Å². The van der Waals surface area contributed by atoms with Gasteiger partial charge < -0.3 is 0 Å². The quantitative estimate of drug-likeness (QED) is 0.288. The van der Waals surface area contributed by atoms with Crippen LogP contribution in [0.15, 0.2) is 0 Å². The highest BCUT2D eigenvalue weighted by molar-refractivity contribution is 6.29. The average Bonchev–Trinajstić information content (AvgIpc) is 1.65. The van der Waals surface area contributed by atoms with E-state index in [1.165, 1.54) is 6.92 Å². The van der Waals surface area contributed by atoms with Crippen molar-refractivity contribution in [3.8, 4) is 0 Å². The molecule has 0 fully saturated rings. The van der Waals surface area contributed by atoms with Gasteiger partial charge in [0.25, 0.3) is 0 Å². The molecule has 0 aromatic rings. The van der Waals surface area contributed by atoms with E-state index in [0.29, 0.717) is 0 Å². The van der Waals surface area contributed by atoms with Gasteiger partial charge in [-0.05, 0) is 6.92 Å². The zero-order valence-corrected chi connectivity index (χ0v) is 4.51. The highest BCUT2D eigenvalue weighted by atomic mass is 16.2. The van der Waals surface area contributed by atoms with Crippen molar-refractivity contribution in [2.24, 2.45) is 0 Å². The van der Waals surface area contributed by atoms with Gasteiger partial charge in [0.1, 0.15) is 5.78 Å². The van der Waals surface area contributed by atoms with Gasteiger partial charge in [-0.3, -0.25) is 14.4 Å². The first-order chi connectivity index (χ1) is 3.66. The first-order valence-electron chi connectivity index (χ1n) is 2.14. The summed E-state index contributed by atoms with van der Waals surface area (Å²) in [4.78, 5) is 29.6. The molecule has 0 aromatic carbocycles. The second-order valence-corrected chi connectivity index (χ2v) is 1.46. The van der Waals surface area contributed by atoms with E-state index in [-0.39, 0.29) is 18.5 Å². The Morgan fingerprint density at radius 3 is 2.12 bits per heavy atom. The van der Waals surface area contributed by atoms with Crippen molar-refractivity contribution >= 4 is 17.9 Å². The van der Waals surface area contributed by atoms with Crippen molar-refractivity contribution in [2.45, 2.75) is 13.3 Å². The second kappa shape index (κ2) is 3.07. The predicted molar refractivity (Wildman–Crippen MR) is 26.4 cm³/mol. The first kappa shape index (κ1) is 7.01. The molecule has 0 radical (unpaired) electrons. The van der Waals surface area contributed by atoms with Crippen LogP contribution in [0.4, 0.5) is 0 Å². The molecule has 0 bridgehead atoms. The standard InChI is InChI=1S/C5H6O3/c1-4(7)2-5(8)3-6/h3H,2H2,1H3. The van der Waals surface area contributed by atoms with Gasteiger partial charge in [-0.2, -0.15) is 0 Å². The van der Waals surface area contributed by atoms with E-state index in [9.17, 15) is 14.4 Å². The number of aldehydes is 1. The summed E-state index contributed by atoms with van der Waals surface area (Å²) in [6, 6.07) is 0. The summed E-state index contributed by atoms with van der Waals surface area (Å²) >= 11 is 0. The molecule has 0 rings (SSSR count). The molecule has 0 aliphatic carbocycles. The van der Waals surface area contributed by atoms with Gasteiger partial charge in [-0.25, -0.2) is 0 Å². The van der Waals surface area contributed by atoms with Gasteiger partial charge in [0.05, 0.1) is 6.42 Å². The van der Waals surface area contributed by atoms with Crippen LogP contribution in [0.25, 0.3) is 0 Å². The smallest absolute Gasteiger partial charge is 0.202 e. The zero-order chi connectivity index (χ0) is 6.57. The molecule has 0 atom stereocenters. The van der Waals surface area contributed by atoms with Crippen LogP contribution in [0, 0.1) is 0 Å². The lowest BCUT2D eigenvalue weighted by atomic mass is 10.2. The molecule has 0 aliphatic heterocycles. The highest BCUT2D eigenvalue weighted by Gasteiger charge is 2.00. The molecular weight excluding hydrogens is 108 g/mol. The fourth-order valence-electron chi connectivity index (χ4n) is 0.287. The van der Waals surface area contributed by atoms with E-state index < -0.39 is 5.78 Å². The molecule has 8 heavy (non-hydrogen) atoms. The van der Waals surface area contributed by atoms with Crippen LogP contribution in [-0.2, 0) is 14.4 Å². The Morgan fingerprint density at radius 1 is 1.50 bits per heavy atom. The van der Waals surface area contributed by atoms with E-state index in [1.807, 2.05) is 0 Å². The molecule has 0 spiro atoms. The normalized spacial score (nSPS) is 8.12. The lowest BCUT2D eigenvalue weighted by molar-refractivity contribution is -0.132. The maximum atomic E-state index is 10.0. The number of carbonyl (C=O) groups is 3. The van der Waals surface area contributed by atoms with Gasteiger partial charge in [0, 0.05) is 0 Å². The average molecular weight is 114 g/mol. The lowest BCUT2D eigenvalue weighted by Crippen LogP contribution is -2.04.